The number of nitrogens with two attached hydrogens (primary N) is 1. The van der Waals surface area contributed by atoms with Crippen molar-refractivity contribution in [2.45, 2.75) is 13.0 Å². The highest BCUT2D eigenvalue weighted by atomic mass is 15.0. The molecule has 1 atom stereocenters. The summed E-state index contributed by atoms with van der Waals surface area (Å²) in [7, 11) is 0. The second-order valence-electron chi connectivity index (χ2n) is 5.31. The fourth-order valence-corrected chi connectivity index (χ4v) is 2.47. The van der Waals surface area contributed by atoms with Gasteiger partial charge in [0.05, 0.1) is 6.04 Å². The highest BCUT2D eigenvalue weighted by molar-refractivity contribution is 5.57. The average molecular weight is 289 g/mol. The molecule has 0 saturated carbocycles. The molecule has 0 amide bonds. The normalized spacial score (nSPS) is 11.9. The summed E-state index contributed by atoms with van der Waals surface area (Å²) in [5, 5.41) is 3.30. The van der Waals surface area contributed by atoms with E-state index in [4.69, 9.17) is 5.73 Å². The van der Waals surface area contributed by atoms with E-state index >= 15 is 0 Å². The van der Waals surface area contributed by atoms with E-state index in [-0.39, 0.29) is 6.04 Å². The molecule has 0 aliphatic rings. The Balaban J connectivity index is 1.83. The summed E-state index contributed by atoms with van der Waals surface area (Å²) < 4.78 is 0. The van der Waals surface area contributed by atoms with Crippen LogP contribution in [0.2, 0.25) is 0 Å². The lowest BCUT2D eigenvalue weighted by Crippen LogP contribution is -2.13. The molecule has 3 heteroatoms. The average Bonchev–Trinajstić information content (AvgIpc) is 2.56. The van der Waals surface area contributed by atoms with Crippen LogP contribution in [0, 0.1) is 6.92 Å². The van der Waals surface area contributed by atoms with E-state index in [1.165, 1.54) is 0 Å². The molecule has 0 saturated heterocycles. The van der Waals surface area contributed by atoms with E-state index in [1.807, 2.05) is 72.9 Å². The van der Waals surface area contributed by atoms with Crippen LogP contribution in [0.25, 0.3) is 0 Å². The van der Waals surface area contributed by atoms with Gasteiger partial charge in [0.15, 0.2) is 0 Å². The first kappa shape index (κ1) is 14.3. The fourth-order valence-electron chi connectivity index (χ4n) is 2.47. The van der Waals surface area contributed by atoms with Gasteiger partial charge in [0.1, 0.15) is 5.82 Å². The van der Waals surface area contributed by atoms with Crippen LogP contribution in [-0.2, 0) is 0 Å². The van der Waals surface area contributed by atoms with Crippen molar-refractivity contribution in [3.05, 3.63) is 89.6 Å². The summed E-state index contributed by atoms with van der Waals surface area (Å²) in [5.74, 6) is 0.827. The van der Waals surface area contributed by atoms with Gasteiger partial charge in [-0.15, -0.1) is 0 Å². The number of hydrogen-bond donors (Lipinski definition) is 2. The molecule has 2 aromatic carbocycles. The lowest BCUT2D eigenvalue weighted by Gasteiger charge is -2.16. The quantitative estimate of drug-likeness (QED) is 0.757. The number of para-hydroxylation sites is 1. The van der Waals surface area contributed by atoms with Crippen LogP contribution in [0.4, 0.5) is 11.5 Å². The predicted molar refractivity (Wildman–Crippen MR) is 91.2 cm³/mol. The van der Waals surface area contributed by atoms with Gasteiger partial charge >= 0.3 is 0 Å². The van der Waals surface area contributed by atoms with Crippen LogP contribution in [0.3, 0.4) is 0 Å². The Morgan fingerprint density at radius 1 is 0.955 bits per heavy atom. The number of aryl methyl sites for hydroxylation is 1. The molecule has 0 aliphatic carbocycles. The van der Waals surface area contributed by atoms with Gasteiger partial charge in [0, 0.05) is 11.9 Å². The third kappa shape index (κ3) is 3.15. The van der Waals surface area contributed by atoms with Gasteiger partial charge in [-0.2, -0.15) is 0 Å². The Kier molecular flexibility index (Phi) is 4.17. The summed E-state index contributed by atoms with van der Waals surface area (Å²) in [5.41, 5.74) is 10.7. The molecule has 0 radical (unpaired) electrons. The Labute approximate surface area is 130 Å². The van der Waals surface area contributed by atoms with Gasteiger partial charge in [0.2, 0.25) is 0 Å². The second-order valence-corrected chi connectivity index (χ2v) is 5.31. The minimum atomic E-state index is -0.153. The van der Waals surface area contributed by atoms with Crippen molar-refractivity contribution >= 4 is 11.5 Å². The van der Waals surface area contributed by atoms with Gasteiger partial charge in [-0.05, 0) is 41.8 Å². The van der Waals surface area contributed by atoms with Crippen LogP contribution in [0.5, 0.6) is 0 Å². The van der Waals surface area contributed by atoms with Crippen molar-refractivity contribution in [1.29, 1.82) is 0 Å². The monoisotopic (exact) mass is 289 g/mol. The summed E-state index contributed by atoms with van der Waals surface area (Å²) in [4.78, 5) is 4.49. The molecular formula is C19H19N3. The number of rotatable bonds is 4. The molecular weight excluding hydrogens is 270 g/mol. The summed E-state index contributed by atoms with van der Waals surface area (Å²) in [6, 6.07) is 22.0. The number of anilines is 2. The SMILES string of the molecule is Cc1cc(Nc2ccccc2)ncc1C(N)c1ccccc1. The van der Waals surface area contributed by atoms with E-state index in [1.54, 1.807) is 0 Å². The van der Waals surface area contributed by atoms with Crippen molar-refractivity contribution < 1.29 is 0 Å². The molecule has 3 aromatic rings. The Hall–Kier alpha value is -2.65. The third-order valence-corrected chi connectivity index (χ3v) is 3.69. The minimum Gasteiger partial charge on any atom is -0.340 e. The largest absolute Gasteiger partial charge is 0.340 e. The zero-order valence-electron chi connectivity index (χ0n) is 12.5. The molecule has 0 aliphatic heterocycles. The highest BCUT2D eigenvalue weighted by Crippen LogP contribution is 2.24. The zero-order chi connectivity index (χ0) is 15.4. The maximum absolute atomic E-state index is 6.36. The van der Waals surface area contributed by atoms with Gasteiger partial charge in [-0.25, -0.2) is 4.98 Å². The maximum atomic E-state index is 6.36. The lowest BCUT2D eigenvalue weighted by atomic mass is 9.97. The fraction of sp³-hybridized carbons (Fsp3) is 0.105. The zero-order valence-corrected chi connectivity index (χ0v) is 12.5. The van der Waals surface area contributed by atoms with E-state index in [0.29, 0.717) is 0 Å². The number of pyridine rings is 1. The summed E-state index contributed by atoms with van der Waals surface area (Å²) >= 11 is 0. The number of hydrogen-bond acceptors (Lipinski definition) is 3. The van der Waals surface area contributed by atoms with Crippen molar-refractivity contribution in [2.24, 2.45) is 5.73 Å². The van der Waals surface area contributed by atoms with Crippen LogP contribution in [0.1, 0.15) is 22.7 Å². The molecule has 1 heterocycles. The number of nitrogens with one attached hydrogen (secondary N) is 1. The van der Waals surface area contributed by atoms with Crippen molar-refractivity contribution in [3.63, 3.8) is 0 Å². The molecule has 110 valence electrons. The van der Waals surface area contributed by atoms with Gasteiger partial charge < -0.3 is 11.1 Å². The van der Waals surface area contributed by atoms with Gasteiger partial charge in [0.25, 0.3) is 0 Å². The van der Waals surface area contributed by atoms with Crippen LogP contribution in [-0.4, -0.2) is 4.98 Å². The Morgan fingerprint density at radius 2 is 1.59 bits per heavy atom. The molecule has 1 aromatic heterocycles. The van der Waals surface area contributed by atoms with E-state index in [0.717, 1.165) is 28.2 Å². The second kappa shape index (κ2) is 6.41. The van der Waals surface area contributed by atoms with Crippen molar-refractivity contribution in [2.75, 3.05) is 5.32 Å². The number of nitrogens with zero attached hydrogens (tertiary/aromatic N) is 1. The molecule has 0 spiro atoms. The number of benzene rings is 2. The van der Waals surface area contributed by atoms with Crippen LogP contribution >= 0.6 is 0 Å². The first-order chi connectivity index (χ1) is 10.7. The number of aromatic nitrogens is 1. The molecule has 3 N–H and O–H groups in total. The first-order valence-corrected chi connectivity index (χ1v) is 7.33. The van der Waals surface area contributed by atoms with E-state index < -0.39 is 0 Å². The van der Waals surface area contributed by atoms with Gasteiger partial charge in [-0.1, -0.05) is 48.5 Å². The Bertz CT molecular complexity index is 739. The summed E-state index contributed by atoms with van der Waals surface area (Å²) in [6.45, 7) is 2.07. The highest BCUT2D eigenvalue weighted by Gasteiger charge is 2.12. The third-order valence-electron chi connectivity index (χ3n) is 3.69. The van der Waals surface area contributed by atoms with Crippen LogP contribution in [0.15, 0.2) is 72.9 Å². The molecule has 3 nitrogen and oxygen atoms in total. The van der Waals surface area contributed by atoms with Crippen molar-refractivity contribution in [1.82, 2.24) is 4.98 Å². The van der Waals surface area contributed by atoms with Crippen molar-refractivity contribution in [3.8, 4) is 0 Å². The molecule has 1 unspecified atom stereocenters. The topological polar surface area (TPSA) is 50.9 Å². The smallest absolute Gasteiger partial charge is 0.130 e. The van der Waals surface area contributed by atoms with Gasteiger partial charge in [-0.3, -0.25) is 0 Å². The maximum Gasteiger partial charge on any atom is 0.130 e. The first-order valence-electron chi connectivity index (χ1n) is 7.33. The van der Waals surface area contributed by atoms with E-state index in [2.05, 4.69) is 17.2 Å². The molecule has 0 fully saturated rings. The summed E-state index contributed by atoms with van der Waals surface area (Å²) in [6.07, 6.45) is 1.86. The molecule has 22 heavy (non-hydrogen) atoms. The predicted octanol–water partition coefficient (Wildman–Crippen LogP) is 4.18. The molecule has 3 rings (SSSR count). The Morgan fingerprint density at radius 3 is 2.23 bits per heavy atom. The standard InChI is InChI=1S/C19H19N3/c1-14-12-18(22-16-10-6-3-7-11-16)21-13-17(14)19(20)15-8-4-2-5-9-15/h2-13,19H,20H2,1H3,(H,21,22). The van der Waals surface area contributed by atoms with E-state index in [9.17, 15) is 0 Å². The minimum absolute atomic E-state index is 0.153. The molecule has 0 bridgehead atoms. The lowest BCUT2D eigenvalue weighted by molar-refractivity contribution is 0.853. The van der Waals surface area contributed by atoms with Crippen LogP contribution < -0.4 is 11.1 Å².